The topological polar surface area (TPSA) is 17.1 Å². The number of carbonyl (C=O) groups excluding carboxylic acids is 1. The largest absolute Gasteiger partial charge is 0.303 e. The molecule has 0 N–H and O–H groups in total. The second-order valence-electron chi connectivity index (χ2n) is 4.84. The maximum Gasteiger partial charge on any atom is 0.120 e. The molecular formula is C13H17BrO. The van der Waals surface area contributed by atoms with E-state index in [1.807, 2.05) is 18.2 Å². The van der Waals surface area contributed by atoms with Crippen molar-refractivity contribution >= 4 is 22.2 Å². The highest BCUT2D eigenvalue weighted by Gasteiger charge is 2.26. The molecule has 0 fully saturated rings. The van der Waals surface area contributed by atoms with Gasteiger partial charge in [0.05, 0.1) is 0 Å². The van der Waals surface area contributed by atoms with Crippen LogP contribution in [0.1, 0.15) is 38.7 Å². The second kappa shape index (κ2) is 4.93. The van der Waals surface area contributed by atoms with Gasteiger partial charge in [-0.3, -0.25) is 0 Å². The zero-order valence-corrected chi connectivity index (χ0v) is 11.0. The van der Waals surface area contributed by atoms with Gasteiger partial charge in [-0.2, -0.15) is 0 Å². The highest BCUT2D eigenvalue weighted by molar-refractivity contribution is 9.10. The molecule has 0 radical (unpaired) electrons. The van der Waals surface area contributed by atoms with Crippen molar-refractivity contribution in [3.8, 4) is 0 Å². The smallest absolute Gasteiger partial charge is 0.120 e. The van der Waals surface area contributed by atoms with E-state index < -0.39 is 0 Å². The minimum atomic E-state index is 0.102. The van der Waals surface area contributed by atoms with Crippen LogP contribution in [0.5, 0.6) is 0 Å². The summed E-state index contributed by atoms with van der Waals surface area (Å²) in [7, 11) is 0. The molecule has 0 aliphatic rings. The van der Waals surface area contributed by atoms with Crippen LogP contribution in [-0.2, 0) is 4.79 Å². The van der Waals surface area contributed by atoms with Gasteiger partial charge in [-0.25, -0.2) is 0 Å². The first-order chi connectivity index (χ1) is 6.96. The standard InChI is InChI=1S/C13H17BrO/c1-13(2,3)11(8-9-15)10-6-4-5-7-12(10)14/h4-7,9,11H,8H2,1-3H3. The van der Waals surface area contributed by atoms with Crippen LogP contribution in [0.3, 0.4) is 0 Å². The van der Waals surface area contributed by atoms with E-state index in [9.17, 15) is 4.79 Å². The number of hydrogen-bond donors (Lipinski definition) is 0. The van der Waals surface area contributed by atoms with E-state index in [1.165, 1.54) is 5.56 Å². The molecule has 15 heavy (non-hydrogen) atoms. The SMILES string of the molecule is CC(C)(C)C(CC=O)c1ccccc1Br. The molecule has 0 saturated carbocycles. The fourth-order valence-electron chi connectivity index (χ4n) is 1.80. The van der Waals surface area contributed by atoms with Crippen LogP contribution in [-0.4, -0.2) is 6.29 Å². The lowest BCUT2D eigenvalue weighted by Gasteiger charge is -2.30. The Labute approximate surface area is 100 Å². The van der Waals surface area contributed by atoms with Crippen molar-refractivity contribution in [2.45, 2.75) is 33.1 Å². The van der Waals surface area contributed by atoms with Gasteiger partial charge in [0.15, 0.2) is 0 Å². The normalized spacial score (nSPS) is 13.6. The fraction of sp³-hybridized carbons (Fsp3) is 0.462. The number of hydrogen-bond acceptors (Lipinski definition) is 1. The fourth-order valence-corrected chi connectivity index (χ4v) is 2.36. The molecule has 1 atom stereocenters. The molecule has 1 rings (SSSR count). The van der Waals surface area contributed by atoms with Crippen LogP contribution in [0.2, 0.25) is 0 Å². The first kappa shape index (κ1) is 12.4. The monoisotopic (exact) mass is 268 g/mol. The first-order valence-corrected chi connectivity index (χ1v) is 5.94. The highest BCUT2D eigenvalue weighted by atomic mass is 79.9. The van der Waals surface area contributed by atoms with Crippen LogP contribution in [0.4, 0.5) is 0 Å². The van der Waals surface area contributed by atoms with Crippen molar-refractivity contribution in [1.82, 2.24) is 0 Å². The third-order valence-corrected chi connectivity index (χ3v) is 3.38. The Bertz CT molecular complexity index is 339. The van der Waals surface area contributed by atoms with Gasteiger partial charge in [-0.15, -0.1) is 0 Å². The minimum Gasteiger partial charge on any atom is -0.303 e. The van der Waals surface area contributed by atoms with E-state index in [0.717, 1.165) is 10.8 Å². The van der Waals surface area contributed by atoms with Gasteiger partial charge in [0, 0.05) is 10.9 Å². The van der Waals surface area contributed by atoms with Crippen LogP contribution in [0.15, 0.2) is 28.7 Å². The Morgan fingerprint density at radius 2 is 1.93 bits per heavy atom. The Balaban J connectivity index is 3.10. The molecule has 0 saturated heterocycles. The van der Waals surface area contributed by atoms with Gasteiger partial charge >= 0.3 is 0 Å². The average Bonchev–Trinajstić information content (AvgIpc) is 2.14. The first-order valence-electron chi connectivity index (χ1n) is 5.15. The molecule has 0 aliphatic carbocycles. The van der Waals surface area contributed by atoms with Gasteiger partial charge < -0.3 is 4.79 Å². The van der Waals surface area contributed by atoms with Crippen molar-refractivity contribution in [3.05, 3.63) is 34.3 Å². The molecule has 0 spiro atoms. The van der Waals surface area contributed by atoms with E-state index in [4.69, 9.17) is 0 Å². The summed E-state index contributed by atoms with van der Waals surface area (Å²) in [5.74, 6) is 0.269. The molecule has 82 valence electrons. The Hall–Kier alpha value is -0.630. The Morgan fingerprint density at radius 3 is 2.40 bits per heavy atom. The maximum absolute atomic E-state index is 10.7. The zero-order chi connectivity index (χ0) is 11.5. The van der Waals surface area contributed by atoms with Crippen molar-refractivity contribution in [1.29, 1.82) is 0 Å². The molecule has 0 bridgehead atoms. The Kier molecular flexibility index (Phi) is 4.09. The molecule has 1 nitrogen and oxygen atoms in total. The summed E-state index contributed by atoms with van der Waals surface area (Å²) in [6.45, 7) is 6.50. The van der Waals surface area contributed by atoms with Crippen LogP contribution in [0, 0.1) is 5.41 Å². The Morgan fingerprint density at radius 1 is 1.33 bits per heavy atom. The summed E-state index contributed by atoms with van der Waals surface area (Å²) in [5.41, 5.74) is 1.32. The van der Waals surface area contributed by atoms with E-state index in [1.54, 1.807) is 0 Å². The van der Waals surface area contributed by atoms with Gasteiger partial charge in [0.1, 0.15) is 6.29 Å². The molecular weight excluding hydrogens is 252 g/mol. The summed E-state index contributed by atoms with van der Waals surface area (Å²) >= 11 is 3.54. The molecule has 0 amide bonds. The van der Waals surface area contributed by atoms with Crippen molar-refractivity contribution < 1.29 is 4.79 Å². The van der Waals surface area contributed by atoms with Crippen molar-refractivity contribution in [3.63, 3.8) is 0 Å². The molecule has 1 aromatic carbocycles. The van der Waals surface area contributed by atoms with Gasteiger partial charge in [-0.05, 0) is 23.0 Å². The summed E-state index contributed by atoms with van der Waals surface area (Å²) in [6.07, 6.45) is 1.58. The lowest BCUT2D eigenvalue weighted by Crippen LogP contribution is -2.19. The van der Waals surface area contributed by atoms with Gasteiger partial charge in [0.25, 0.3) is 0 Å². The van der Waals surface area contributed by atoms with Crippen LogP contribution in [0.25, 0.3) is 0 Å². The van der Waals surface area contributed by atoms with E-state index >= 15 is 0 Å². The number of carbonyl (C=O) groups is 1. The molecule has 0 aliphatic heterocycles. The predicted octanol–water partition coefficient (Wildman–Crippen LogP) is 4.17. The van der Waals surface area contributed by atoms with Crippen LogP contribution < -0.4 is 0 Å². The third kappa shape index (κ3) is 3.16. The molecule has 2 heteroatoms. The minimum absolute atomic E-state index is 0.102. The predicted molar refractivity (Wildman–Crippen MR) is 67.0 cm³/mol. The van der Waals surface area contributed by atoms with Crippen molar-refractivity contribution in [2.24, 2.45) is 5.41 Å². The summed E-state index contributed by atoms with van der Waals surface area (Å²) in [6, 6.07) is 8.13. The van der Waals surface area contributed by atoms with E-state index in [-0.39, 0.29) is 11.3 Å². The maximum atomic E-state index is 10.7. The lowest BCUT2D eigenvalue weighted by molar-refractivity contribution is -0.108. The third-order valence-electron chi connectivity index (χ3n) is 2.66. The number of aldehydes is 1. The van der Waals surface area contributed by atoms with Gasteiger partial charge in [0.2, 0.25) is 0 Å². The average molecular weight is 269 g/mol. The highest BCUT2D eigenvalue weighted by Crippen LogP contribution is 2.39. The quantitative estimate of drug-likeness (QED) is 0.753. The molecule has 1 aromatic rings. The van der Waals surface area contributed by atoms with Crippen LogP contribution >= 0.6 is 15.9 Å². The summed E-state index contributed by atoms with van der Waals surface area (Å²) in [5, 5.41) is 0. The zero-order valence-electron chi connectivity index (χ0n) is 9.46. The van der Waals surface area contributed by atoms with Gasteiger partial charge in [-0.1, -0.05) is 54.9 Å². The number of halogens is 1. The van der Waals surface area contributed by atoms with E-state index in [0.29, 0.717) is 6.42 Å². The lowest BCUT2D eigenvalue weighted by atomic mass is 9.75. The van der Waals surface area contributed by atoms with Crippen molar-refractivity contribution in [2.75, 3.05) is 0 Å². The molecule has 0 heterocycles. The molecule has 1 unspecified atom stereocenters. The molecule has 0 aromatic heterocycles. The second-order valence-corrected chi connectivity index (χ2v) is 5.70. The number of benzene rings is 1. The number of rotatable bonds is 3. The summed E-state index contributed by atoms with van der Waals surface area (Å²) < 4.78 is 1.09. The van der Waals surface area contributed by atoms with E-state index in [2.05, 4.69) is 42.8 Å². The summed E-state index contributed by atoms with van der Waals surface area (Å²) in [4.78, 5) is 10.7.